The Morgan fingerprint density at radius 2 is 1.64 bits per heavy atom. The van der Waals surface area contributed by atoms with Crippen LogP contribution in [0.2, 0.25) is 0 Å². The molecule has 0 heterocycles. The number of nitrogens with one attached hydrogen (secondary N) is 1. The van der Waals surface area contributed by atoms with Crippen LogP contribution in [0, 0.1) is 11.6 Å². The van der Waals surface area contributed by atoms with Crippen molar-refractivity contribution >= 4 is 34.5 Å². The highest BCUT2D eigenvalue weighted by Gasteiger charge is 2.12. The molecular formula is C31H30F2N2O3S. The van der Waals surface area contributed by atoms with E-state index in [0.717, 1.165) is 40.8 Å². The van der Waals surface area contributed by atoms with Crippen LogP contribution in [-0.2, 0) is 29.0 Å². The van der Waals surface area contributed by atoms with Crippen molar-refractivity contribution in [2.75, 3.05) is 13.7 Å². The van der Waals surface area contributed by atoms with Crippen LogP contribution in [0.4, 0.5) is 8.78 Å². The summed E-state index contributed by atoms with van der Waals surface area (Å²) in [7, 11) is 1.74. The van der Waals surface area contributed by atoms with E-state index < -0.39 is 11.6 Å². The molecule has 0 aliphatic rings. The lowest BCUT2D eigenvalue weighted by Gasteiger charge is -2.18. The minimum Gasteiger partial charge on any atom is -0.493 e. The summed E-state index contributed by atoms with van der Waals surface area (Å²) in [5.74, 6) is -1.50. The standard InChI is InChI=1S/C31H30F2N2O3S/c1-21(36)35(2)20-23-8-10-25(11-14-31(37)34-39-27-12-13-28(32)29(33)19-27)30(18-23)38-16-15-22-7-9-24-5-3-4-6-26(24)17-22/h3-10,12-13,17-19H,11,14-16,20H2,1-2H3,(H,34,37). The van der Waals surface area contributed by atoms with Crippen molar-refractivity contribution in [1.82, 2.24) is 9.62 Å². The van der Waals surface area contributed by atoms with Gasteiger partial charge in [-0.05, 0) is 70.1 Å². The molecule has 0 unspecified atom stereocenters. The molecule has 0 bridgehead atoms. The van der Waals surface area contributed by atoms with E-state index in [1.807, 2.05) is 30.3 Å². The number of benzene rings is 4. The molecule has 202 valence electrons. The van der Waals surface area contributed by atoms with E-state index in [-0.39, 0.29) is 18.2 Å². The molecule has 4 aromatic rings. The number of aryl methyl sites for hydroxylation is 1. The first kappa shape index (κ1) is 28.1. The van der Waals surface area contributed by atoms with E-state index >= 15 is 0 Å². The Morgan fingerprint density at radius 3 is 2.41 bits per heavy atom. The second kappa shape index (κ2) is 13.2. The summed E-state index contributed by atoms with van der Waals surface area (Å²) in [5.41, 5.74) is 2.96. The molecule has 8 heteroatoms. The summed E-state index contributed by atoms with van der Waals surface area (Å²) in [6.07, 6.45) is 1.33. The molecule has 2 amide bonds. The van der Waals surface area contributed by atoms with Crippen LogP contribution in [0.5, 0.6) is 5.75 Å². The van der Waals surface area contributed by atoms with E-state index in [1.54, 1.807) is 11.9 Å². The van der Waals surface area contributed by atoms with Crippen molar-refractivity contribution in [3.63, 3.8) is 0 Å². The van der Waals surface area contributed by atoms with Crippen LogP contribution in [0.1, 0.15) is 30.0 Å². The van der Waals surface area contributed by atoms with Crippen molar-refractivity contribution in [3.05, 3.63) is 107 Å². The first-order valence-electron chi connectivity index (χ1n) is 12.6. The molecule has 0 atom stereocenters. The highest BCUT2D eigenvalue weighted by molar-refractivity contribution is 7.98. The highest BCUT2D eigenvalue weighted by atomic mass is 32.2. The van der Waals surface area contributed by atoms with E-state index in [9.17, 15) is 18.4 Å². The molecule has 0 saturated carbocycles. The van der Waals surface area contributed by atoms with E-state index in [0.29, 0.717) is 36.6 Å². The fourth-order valence-corrected chi connectivity index (χ4v) is 4.68. The molecule has 0 aliphatic heterocycles. The lowest BCUT2D eigenvalue weighted by Crippen LogP contribution is -2.23. The average molecular weight is 549 g/mol. The summed E-state index contributed by atoms with van der Waals surface area (Å²) < 4.78 is 35.4. The number of ether oxygens (including phenoxy) is 1. The normalized spacial score (nSPS) is 10.9. The Hall–Kier alpha value is -3.91. The van der Waals surface area contributed by atoms with Gasteiger partial charge in [0.15, 0.2) is 11.6 Å². The van der Waals surface area contributed by atoms with Crippen LogP contribution < -0.4 is 9.46 Å². The minimum absolute atomic E-state index is 0.0342. The van der Waals surface area contributed by atoms with Crippen LogP contribution in [0.15, 0.2) is 83.8 Å². The first-order chi connectivity index (χ1) is 18.8. The van der Waals surface area contributed by atoms with Gasteiger partial charge in [-0.25, -0.2) is 8.78 Å². The average Bonchev–Trinajstić information content (AvgIpc) is 2.93. The summed E-state index contributed by atoms with van der Waals surface area (Å²) in [6, 6.07) is 23.8. The van der Waals surface area contributed by atoms with Crippen molar-refractivity contribution in [3.8, 4) is 5.75 Å². The second-order valence-electron chi connectivity index (χ2n) is 9.30. The summed E-state index contributed by atoms with van der Waals surface area (Å²) in [4.78, 5) is 26.2. The Balaban J connectivity index is 1.40. The quantitative estimate of drug-likeness (QED) is 0.218. The molecule has 0 aromatic heterocycles. The monoisotopic (exact) mass is 548 g/mol. The third-order valence-electron chi connectivity index (χ3n) is 6.35. The van der Waals surface area contributed by atoms with E-state index in [4.69, 9.17) is 4.74 Å². The number of carbonyl (C=O) groups excluding carboxylic acids is 2. The molecule has 5 nitrogen and oxygen atoms in total. The SMILES string of the molecule is CC(=O)N(C)Cc1ccc(CCC(=O)NSc2ccc(F)c(F)c2)c(OCCc2ccc3ccccc3c2)c1. The number of nitrogens with zero attached hydrogens (tertiary/aromatic N) is 1. The lowest BCUT2D eigenvalue weighted by molar-refractivity contribution is -0.128. The van der Waals surface area contributed by atoms with Gasteiger partial charge in [0.1, 0.15) is 5.75 Å². The fourth-order valence-electron chi connectivity index (χ4n) is 4.05. The number of hydrogen-bond donors (Lipinski definition) is 1. The number of amides is 2. The Kier molecular flexibility index (Phi) is 9.54. The van der Waals surface area contributed by atoms with E-state index in [1.165, 1.54) is 23.8 Å². The molecular weight excluding hydrogens is 518 g/mol. The third kappa shape index (κ3) is 8.04. The topological polar surface area (TPSA) is 58.6 Å². The summed E-state index contributed by atoms with van der Waals surface area (Å²) in [6.45, 7) is 2.42. The molecule has 39 heavy (non-hydrogen) atoms. The van der Waals surface area contributed by atoms with Gasteiger partial charge in [0.25, 0.3) is 0 Å². The van der Waals surface area contributed by atoms with Crippen LogP contribution in [-0.4, -0.2) is 30.4 Å². The zero-order chi connectivity index (χ0) is 27.8. The van der Waals surface area contributed by atoms with Gasteiger partial charge in [-0.3, -0.25) is 14.3 Å². The fraction of sp³-hybridized carbons (Fsp3) is 0.226. The van der Waals surface area contributed by atoms with Crippen LogP contribution in [0.25, 0.3) is 10.8 Å². The number of carbonyl (C=O) groups is 2. The maximum atomic E-state index is 13.4. The zero-order valence-electron chi connectivity index (χ0n) is 21.9. The Bertz CT molecular complexity index is 1480. The molecule has 0 radical (unpaired) electrons. The van der Waals surface area contributed by atoms with Crippen molar-refractivity contribution in [1.29, 1.82) is 0 Å². The van der Waals surface area contributed by atoms with Crippen molar-refractivity contribution < 1.29 is 23.1 Å². The molecule has 4 rings (SSSR count). The van der Waals surface area contributed by atoms with E-state index in [2.05, 4.69) is 35.1 Å². The third-order valence-corrected chi connectivity index (χ3v) is 7.17. The molecule has 4 aromatic carbocycles. The maximum absolute atomic E-state index is 13.4. The minimum atomic E-state index is -0.963. The number of fused-ring (bicyclic) bond motifs is 1. The maximum Gasteiger partial charge on any atom is 0.230 e. The second-order valence-corrected chi connectivity index (χ2v) is 10.2. The summed E-state index contributed by atoms with van der Waals surface area (Å²) in [5, 5.41) is 2.37. The van der Waals surface area contributed by atoms with Gasteiger partial charge in [-0.15, -0.1) is 0 Å². The molecule has 0 aliphatic carbocycles. The van der Waals surface area contributed by atoms with Gasteiger partial charge in [0.2, 0.25) is 11.8 Å². The van der Waals surface area contributed by atoms with Gasteiger partial charge in [-0.1, -0.05) is 54.6 Å². The highest BCUT2D eigenvalue weighted by Crippen LogP contribution is 2.25. The molecule has 0 fully saturated rings. The van der Waals surface area contributed by atoms with Gasteiger partial charge in [0, 0.05) is 38.3 Å². The molecule has 0 spiro atoms. The lowest BCUT2D eigenvalue weighted by atomic mass is 10.0. The van der Waals surface area contributed by atoms with Crippen molar-refractivity contribution in [2.45, 2.75) is 37.6 Å². The first-order valence-corrected chi connectivity index (χ1v) is 13.4. The predicted octanol–water partition coefficient (Wildman–Crippen LogP) is 6.47. The molecule has 1 N–H and O–H groups in total. The number of hydrogen-bond acceptors (Lipinski definition) is 4. The van der Waals surface area contributed by atoms with Crippen LogP contribution in [0.3, 0.4) is 0 Å². The summed E-state index contributed by atoms with van der Waals surface area (Å²) >= 11 is 0.940. The van der Waals surface area contributed by atoms with Gasteiger partial charge >= 0.3 is 0 Å². The zero-order valence-corrected chi connectivity index (χ0v) is 22.7. The molecule has 0 saturated heterocycles. The number of halogens is 2. The van der Waals surface area contributed by atoms with Gasteiger partial charge in [-0.2, -0.15) is 0 Å². The predicted molar refractivity (Wildman–Crippen MR) is 150 cm³/mol. The Morgan fingerprint density at radius 1 is 0.872 bits per heavy atom. The van der Waals surface area contributed by atoms with Crippen molar-refractivity contribution in [2.24, 2.45) is 0 Å². The van der Waals surface area contributed by atoms with Gasteiger partial charge in [0.05, 0.1) is 6.61 Å². The van der Waals surface area contributed by atoms with Gasteiger partial charge < -0.3 is 9.64 Å². The largest absolute Gasteiger partial charge is 0.493 e. The Labute approximate surface area is 231 Å². The smallest absolute Gasteiger partial charge is 0.230 e. The van der Waals surface area contributed by atoms with Crippen LogP contribution >= 0.6 is 11.9 Å². The number of rotatable bonds is 11.